The van der Waals surface area contributed by atoms with Crippen molar-refractivity contribution in [1.82, 2.24) is 9.62 Å². The van der Waals surface area contributed by atoms with Gasteiger partial charge in [-0.3, -0.25) is 0 Å². The zero-order valence-electron chi connectivity index (χ0n) is 9.57. The Hall–Kier alpha value is -1.05. The topological polar surface area (TPSA) is 49.4 Å². The van der Waals surface area contributed by atoms with Crippen molar-refractivity contribution in [2.24, 2.45) is 0 Å². The maximum Gasteiger partial charge on any atom is 0.242 e. The molecule has 0 saturated carbocycles. The van der Waals surface area contributed by atoms with Crippen LogP contribution in [0.2, 0.25) is 0 Å². The Morgan fingerprint density at radius 1 is 1.29 bits per heavy atom. The van der Waals surface area contributed by atoms with Crippen molar-refractivity contribution < 1.29 is 17.2 Å². The van der Waals surface area contributed by atoms with Gasteiger partial charge in [-0.1, -0.05) is 0 Å². The summed E-state index contributed by atoms with van der Waals surface area (Å²) < 4.78 is 50.6. The number of nitrogens with zero attached hydrogens (tertiary/aromatic N) is 1. The quantitative estimate of drug-likeness (QED) is 0.856. The zero-order valence-corrected chi connectivity index (χ0v) is 10.4. The van der Waals surface area contributed by atoms with Crippen LogP contribution in [0.5, 0.6) is 0 Å². The average Bonchev–Trinajstić information content (AvgIpc) is 2.29. The van der Waals surface area contributed by atoms with Crippen LogP contribution in [-0.2, 0) is 10.0 Å². The molecule has 0 aliphatic rings. The molecule has 96 valence electrons. The first kappa shape index (κ1) is 14.0. The van der Waals surface area contributed by atoms with Crippen LogP contribution in [-0.4, -0.2) is 39.9 Å². The van der Waals surface area contributed by atoms with E-state index in [0.29, 0.717) is 12.6 Å². The second-order valence-corrected chi connectivity index (χ2v) is 5.55. The number of rotatable bonds is 5. The molecule has 0 unspecified atom stereocenters. The van der Waals surface area contributed by atoms with E-state index in [9.17, 15) is 17.2 Å². The minimum Gasteiger partial charge on any atom is -0.318 e. The van der Waals surface area contributed by atoms with Gasteiger partial charge in [-0.05, 0) is 25.2 Å². The van der Waals surface area contributed by atoms with E-state index in [-0.39, 0.29) is 11.4 Å². The molecule has 1 rings (SSSR count). The number of halogens is 2. The summed E-state index contributed by atoms with van der Waals surface area (Å²) in [4.78, 5) is -0.255. The Morgan fingerprint density at radius 2 is 1.94 bits per heavy atom. The maximum absolute atomic E-state index is 13.0. The highest BCUT2D eigenvalue weighted by molar-refractivity contribution is 7.89. The molecule has 0 aliphatic carbocycles. The second-order valence-electron chi connectivity index (χ2n) is 3.51. The van der Waals surface area contributed by atoms with Gasteiger partial charge in [0.05, 0.1) is 4.90 Å². The molecule has 1 N–H and O–H groups in total. The summed E-state index contributed by atoms with van der Waals surface area (Å²) in [5, 5.41) is 2.80. The first-order valence-corrected chi connectivity index (χ1v) is 6.39. The van der Waals surface area contributed by atoms with E-state index in [0.717, 1.165) is 16.4 Å². The lowest BCUT2D eigenvalue weighted by Crippen LogP contribution is -2.32. The highest BCUT2D eigenvalue weighted by Crippen LogP contribution is 2.16. The first-order chi connectivity index (χ1) is 7.89. The summed E-state index contributed by atoms with van der Waals surface area (Å²) in [5.41, 5.74) is 0. The summed E-state index contributed by atoms with van der Waals surface area (Å²) in [7, 11) is -0.688. The SMILES string of the molecule is CNCCN(C)S(=O)(=O)c1ccc(F)c(F)c1. The number of nitrogens with one attached hydrogen (secondary N) is 1. The molecule has 1 aromatic rings. The normalized spacial score (nSPS) is 12.1. The number of likely N-dealkylation sites (N-methyl/N-ethyl adjacent to an activating group) is 2. The van der Waals surface area contributed by atoms with Crippen molar-refractivity contribution in [2.75, 3.05) is 27.2 Å². The molecule has 7 heteroatoms. The van der Waals surface area contributed by atoms with E-state index in [1.165, 1.54) is 7.05 Å². The van der Waals surface area contributed by atoms with Crippen molar-refractivity contribution in [1.29, 1.82) is 0 Å². The van der Waals surface area contributed by atoms with E-state index in [2.05, 4.69) is 5.32 Å². The predicted octanol–water partition coefficient (Wildman–Crippen LogP) is 0.805. The summed E-state index contributed by atoms with van der Waals surface area (Å²) in [6.45, 7) is 0.719. The maximum atomic E-state index is 13.0. The fraction of sp³-hybridized carbons (Fsp3) is 0.400. The molecule has 0 radical (unpaired) electrons. The van der Waals surface area contributed by atoms with Gasteiger partial charge in [-0.2, -0.15) is 4.31 Å². The Morgan fingerprint density at radius 3 is 2.47 bits per heavy atom. The zero-order chi connectivity index (χ0) is 13.1. The summed E-state index contributed by atoms with van der Waals surface area (Å²) >= 11 is 0. The van der Waals surface area contributed by atoms with E-state index in [1.54, 1.807) is 7.05 Å². The Balaban J connectivity index is 3.00. The van der Waals surface area contributed by atoms with E-state index in [4.69, 9.17) is 0 Å². The highest BCUT2D eigenvalue weighted by Gasteiger charge is 2.21. The molecule has 0 spiro atoms. The summed E-state index contributed by atoms with van der Waals surface area (Å²) in [6.07, 6.45) is 0. The van der Waals surface area contributed by atoms with E-state index < -0.39 is 21.7 Å². The number of hydrogen-bond acceptors (Lipinski definition) is 3. The number of benzene rings is 1. The highest BCUT2D eigenvalue weighted by atomic mass is 32.2. The van der Waals surface area contributed by atoms with Crippen LogP contribution >= 0.6 is 0 Å². The fourth-order valence-electron chi connectivity index (χ4n) is 1.21. The van der Waals surface area contributed by atoms with Gasteiger partial charge in [0.15, 0.2) is 11.6 Å². The van der Waals surface area contributed by atoms with Gasteiger partial charge in [0.1, 0.15) is 0 Å². The monoisotopic (exact) mass is 264 g/mol. The Labute approximate surface area is 99.3 Å². The van der Waals surface area contributed by atoms with Crippen LogP contribution in [0.25, 0.3) is 0 Å². The van der Waals surface area contributed by atoms with E-state index in [1.807, 2.05) is 0 Å². The van der Waals surface area contributed by atoms with Crippen LogP contribution in [0.15, 0.2) is 23.1 Å². The molecule has 0 fully saturated rings. The third-order valence-electron chi connectivity index (χ3n) is 2.28. The van der Waals surface area contributed by atoms with Crippen LogP contribution in [0.3, 0.4) is 0 Å². The Bertz CT molecular complexity index is 491. The molecular weight excluding hydrogens is 250 g/mol. The third-order valence-corrected chi connectivity index (χ3v) is 4.13. The molecule has 0 atom stereocenters. The van der Waals surface area contributed by atoms with Crippen LogP contribution in [0.4, 0.5) is 8.78 Å². The molecule has 0 bridgehead atoms. The lowest BCUT2D eigenvalue weighted by atomic mass is 10.3. The lowest BCUT2D eigenvalue weighted by molar-refractivity contribution is 0.463. The third kappa shape index (κ3) is 3.21. The van der Waals surface area contributed by atoms with Gasteiger partial charge in [-0.25, -0.2) is 17.2 Å². The minimum absolute atomic E-state index is 0.248. The minimum atomic E-state index is -3.76. The summed E-state index contributed by atoms with van der Waals surface area (Å²) in [6, 6.07) is 2.53. The molecule has 0 heterocycles. The number of hydrogen-bond donors (Lipinski definition) is 1. The molecule has 0 aromatic heterocycles. The standard InChI is InChI=1S/C10H14F2N2O2S/c1-13-5-6-14(2)17(15,16)8-3-4-9(11)10(12)7-8/h3-4,7,13H,5-6H2,1-2H3. The lowest BCUT2D eigenvalue weighted by Gasteiger charge is -2.16. The fourth-order valence-corrected chi connectivity index (χ4v) is 2.39. The smallest absolute Gasteiger partial charge is 0.242 e. The number of sulfonamides is 1. The van der Waals surface area contributed by atoms with Crippen molar-refractivity contribution in [3.05, 3.63) is 29.8 Å². The summed E-state index contributed by atoms with van der Waals surface area (Å²) in [5.74, 6) is -2.24. The van der Waals surface area contributed by atoms with Crippen molar-refractivity contribution in [3.63, 3.8) is 0 Å². The first-order valence-electron chi connectivity index (χ1n) is 4.95. The predicted molar refractivity (Wildman–Crippen MR) is 60.1 cm³/mol. The van der Waals surface area contributed by atoms with Gasteiger partial charge in [0, 0.05) is 20.1 Å². The van der Waals surface area contributed by atoms with Gasteiger partial charge < -0.3 is 5.32 Å². The van der Waals surface area contributed by atoms with E-state index >= 15 is 0 Å². The molecular formula is C10H14F2N2O2S. The molecule has 0 amide bonds. The van der Waals surface area contributed by atoms with Gasteiger partial charge >= 0.3 is 0 Å². The van der Waals surface area contributed by atoms with Gasteiger partial charge in [-0.15, -0.1) is 0 Å². The molecule has 17 heavy (non-hydrogen) atoms. The largest absolute Gasteiger partial charge is 0.318 e. The van der Waals surface area contributed by atoms with Gasteiger partial charge in [0.25, 0.3) is 0 Å². The van der Waals surface area contributed by atoms with Crippen LogP contribution in [0, 0.1) is 11.6 Å². The van der Waals surface area contributed by atoms with Gasteiger partial charge in [0.2, 0.25) is 10.0 Å². The average molecular weight is 264 g/mol. The molecule has 1 aromatic carbocycles. The van der Waals surface area contributed by atoms with Crippen molar-refractivity contribution in [3.8, 4) is 0 Å². The molecule has 4 nitrogen and oxygen atoms in total. The van der Waals surface area contributed by atoms with Crippen LogP contribution in [0.1, 0.15) is 0 Å². The molecule has 0 aliphatic heterocycles. The van der Waals surface area contributed by atoms with Crippen molar-refractivity contribution >= 4 is 10.0 Å². The van der Waals surface area contributed by atoms with Crippen molar-refractivity contribution in [2.45, 2.75) is 4.90 Å². The second kappa shape index (κ2) is 5.52. The van der Waals surface area contributed by atoms with Crippen LogP contribution < -0.4 is 5.32 Å². The molecule has 0 saturated heterocycles. The Kier molecular flexibility index (Phi) is 4.55.